The minimum atomic E-state index is -0.768. The second-order valence-electron chi connectivity index (χ2n) is 8.58. The van der Waals surface area contributed by atoms with Crippen LogP contribution < -0.4 is 14.8 Å². The van der Waals surface area contributed by atoms with Crippen molar-refractivity contribution in [3.63, 3.8) is 0 Å². The summed E-state index contributed by atoms with van der Waals surface area (Å²) < 4.78 is 15.9. The zero-order valence-electron chi connectivity index (χ0n) is 20.0. The first-order chi connectivity index (χ1) is 16.6. The van der Waals surface area contributed by atoms with Gasteiger partial charge < -0.3 is 19.1 Å². The summed E-state index contributed by atoms with van der Waals surface area (Å²) >= 11 is 0. The van der Waals surface area contributed by atoms with Crippen molar-refractivity contribution < 1.29 is 23.8 Å². The van der Waals surface area contributed by atoms with E-state index in [9.17, 15) is 9.59 Å². The maximum atomic E-state index is 13.4. The van der Waals surface area contributed by atoms with Crippen molar-refractivity contribution in [3.05, 3.63) is 70.8 Å². The molecule has 2 aliphatic rings. The number of nitrogens with zero attached hydrogens (tertiary/aromatic N) is 1. The van der Waals surface area contributed by atoms with Gasteiger partial charge in [-0.3, -0.25) is 10.1 Å². The van der Waals surface area contributed by atoms with Crippen LogP contribution in [0.4, 0.5) is 0 Å². The van der Waals surface area contributed by atoms with Gasteiger partial charge in [-0.05, 0) is 60.9 Å². The second-order valence-corrected chi connectivity index (χ2v) is 8.58. The molecule has 0 aromatic heterocycles. The van der Waals surface area contributed by atoms with Crippen molar-refractivity contribution in [3.8, 4) is 11.5 Å². The Morgan fingerprint density at radius 2 is 1.76 bits per heavy atom. The molecular weight excluding hydrogens is 432 g/mol. The van der Waals surface area contributed by atoms with Crippen LogP contribution in [-0.2, 0) is 20.7 Å². The van der Waals surface area contributed by atoms with Gasteiger partial charge in [0.05, 0.1) is 21.3 Å². The quantitative estimate of drug-likeness (QED) is 0.569. The highest BCUT2D eigenvalue weighted by Gasteiger charge is 2.41. The average Bonchev–Trinajstić information content (AvgIpc) is 3.16. The number of carbonyl (C=O) groups is 2. The molecule has 0 fully saturated rings. The first kappa shape index (κ1) is 23.8. The van der Waals surface area contributed by atoms with E-state index in [1.807, 2.05) is 29.2 Å². The van der Waals surface area contributed by atoms with Gasteiger partial charge in [-0.1, -0.05) is 36.4 Å². The van der Waals surface area contributed by atoms with E-state index in [0.29, 0.717) is 23.6 Å². The minimum absolute atomic E-state index is 0.0686. The number of methoxy groups -OCH3 is 3. The fraction of sp³-hybridized carbons (Fsp3) is 0.407. The van der Waals surface area contributed by atoms with Crippen molar-refractivity contribution in [2.24, 2.45) is 0 Å². The van der Waals surface area contributed by atoms with Crippen LogP contribution in [0.25, 0.3) is 0 Å². The summed E-state index contributed by atoms with van der Waals surface area (Å²) in [4.78, 5) is 28.2. The van der Waals surface area contributed by atoms with E-state index >= 15 is 0 Å². The van der Waals surface area contributed by atoms with E-state index in [0.717, 1.165) is 43.3 Å². The van der Waals surface area contributed by atoms with Crippen molar-refractivity contribution in [2.75, 3.05) is 27.9 Å². The van der Waals surface area contributed by atoms with Crippen molar-refractivity contribution in [2.45, 2.75) is 44.3 Å². The molecule has 0 bridgehead atoms. The number of carbonyl (C=O) groups excluding carboxylic acids is 2. The van der Waals surface area contributed by atoms with Crippen LogP contribution in [0, 0.1) is 0 Å². The predicted molar refractivity (Wildman–Crippen MR) is 129 cm³/mol. The molecule has 2 atom stereocenters. The van der Waals surface area contributed by atoms with Crippen LogP contribution in [0.3, 0.4) is 0 Å². The minimum Gasteiger partial charge on any atom is -0.493 e. The van der Waals surface area contributed by atoms with E-state index in [1.54, 1.807) is 26.4 Å². The van der Waals surface area contributed by atoms with Crippen LogP contribution in [0.5, 0.6) is 11.5 Å². The van der Waals surface area contributed by atoms with E-state index in [4.69, 9.17) is 14.2 Å². The Labute approximate surface area is 200 Å². The van der Waals surface area contributed by atoms with E-state index < -0.39 is 12.0 Å². The lowest BCUT2D eigenvalue weighted by Crippen LogP contribution is -2.49. The molecule has 7 nitrogen and oxygen atoms in total. The summed E-state index contributed by atoms with van der Waals surface area (Å²) in [6.45, 7) is 0.563. The van der Waals surface area contributed by atoms with Gasteiger partial charge in [-0.15, -0.1) is 0 Å². The maximum Gasteiger partial charge on any atom is 0.327 e. The Balaban J connectivity index is 1.64. The number of nitrogens with one attached hydrogen (secondary N) is 1. The Kier molecular flexibility index (Phi) is 7.53. The smallest absolute Gasteiger partial charge is 0.327 e. The Hall–Kier alpha value is -3.32. The van der Waals surface area contributed by atoms with Crippen LogP contribution in [-0.4, -0.2) is 50.8 Å². The van der Waals surface area contributed by atoms with Crippen LogP contribution in [0.15, 0.2) is 59.7 Å². The Morgan fingerprint density at radius 1 is 1.03 bits per heavy atom. The number of ether oxygens (including phenoxy) is 3. The third-order valence-corrected chi connectivity index (χ3v) is 6.66. The Morgan fingerprint density at radius 3 is 2.47 bits per heavy atom. The molecular formula is C27H32N2O5. The molecule has 4 rings (SSSR count). The first-order valence-corrected chi connectivity index (χ1v) is 11.7. The fourth-order valence-corrected chi connectivity index (χ4v) is 4.88. The highest BCUT2D eigenvalue weighted by molar-refractivity contribution is 5.98. The summed E-state index contributed by atoms with van der Waals surface area (Å²) in [5, 5.41) is 3.46. The molecule has 2 aromatic carbocycles. The number of rotatable bonds is 9. The van der Waals surface area contributed by atoms with Gasteiger partial charge >= 0.3 is 5.97 Å². The Bertz CT molecular complexity index is 1070. The average molecular weight is 465 g/mol. The third kappa shape index (κ3) is 4.80. The highest BCUT2D eigenvalue weighted by atomic mass is 16.5. The molecule has 1 N–H and O–H groups in total. The van der Waals surface area contributed by atoms with Crippen molar-refractivity contribution in [1.82, 2.24) is 10.2 Å². The zero-order chi connectivity index (χ0) is 24.1. The first-order valence-electron chi connectivity index (χ1n) is 11.7. The zero-order valence-corrected chi connectivity index (χ0v) is 20.0. The largest absolute Gasteiger partial charge is 0.493 e. The molecule has 0 saturated heterocycles. The van der Waals surface area contributed by atoms with E-state index in [2.05, 4.69) is 17.4 Å². The molecule has 2 aromatic rings. The molecule has 7 heteroatoms. The molecule has 0 radical (unpaired) electrons. The van der Waals surface area contributed by atoms with E-state index in [1.165, 1.54) is 12.7 Å². The third-order valence-electron chi connectivity index (χ3n) is 6.66. The summed E-state index contributed by atoms with van der Waals surface area (Å²) in [6, 6.07) is 14.7. The molecule has 1 aliphatic carbocycles. The second kappa shape index (κ2) is 10.7. The van der Waals surface area contributed by atoms with Gasteiger partial charge in [0.2, 0.25) is 0 Å². The molecule has 34 heavy (non-hydrogen) atoms. The number of hydrogen-bond donors (Lipinski definition) is 1. The predicted octanol–water partition coefficient (Wildman–Crippen LogP) is 3.79. The van der Waals surface area contributed by atoms with Crippen LogP contribution in [0.2, 0.25) is 0 Å². The summed E-state index contributed by atoms with van der Waals surface area (Å²) in [5.74, 6) is 0.746. The number of esters is 1. The summed E-state index contributed by atoms with van der Waals surface area (Å²) in [5.41, 5.74) is 3.85. The lowest BCUT2D eigenvalue weighted by molar-refractivity contribution is -0.144. The number of hydrogen-bond acceptors (Lipinski definition) is 6. The van der Waals surface area contributed by atoms with Crippen molar-refractivity contribution >= 4 is 11.9 Å². The molecule has 0 spiro atoms. The lowest BCUT2D eigenvalue weighted by atomic mass is 9.92. The molecule has 1 heterocycles. The topological polar surface area (TPSA) is 77.1 Å². The van der Waals surface area contributed by atoms with Gasteiger partial charge in [0.25, 0.3) is 5.91 Å². The van der Waals surface area contributed by atoms with Gasteiger partial charge in [-0.25, -0.2) is 4.79 Å². The molecule has 0 unspecified atom stereocenters. The fourth-order valence-electron chi connectivity index (χ4n) is 4.88. The summed E-state index contributed by atoms with van der Waals surface area (Å²) in [6.07, 6.45) is 4.07. The van der Waals surface area contributed by atoms with E-state index in [-0.39, 0.29) is 12.1 Å². The number of amides is 1. The lowest BCUT2D eigenvalue weighted by Gasteiger charge is -2.31. The molecule has 180 valence electrons. The van der Waals surface area contributed by atoms with Gasteiger partial charge in [0, 0.05) is 12.1 Å². The standard InChI is InChI=1S/C27H32N2O5/c1-32-22-14-13-19(17-23(22)33-2)24(27(31)34-3)28-25-20-11-7-8-12-21(20)26(30)29(25)16-15-18-9-5-4-6-10-18/h4-6,9-10,13-14,17,24-25,28H,7-8,11-12,15-16H2,1-3H3/t24-,25+/m0/s1. The highest BCUT2D eigenvalue weighted by Crippen LogP contribution is 2.37. The van der Waals surface area contributed by atoms with Gasteiger partial charge in [0.1, 0.15) is 12.2 Å². The molecule has 1 amide bonds. The van der Waals surface area contributed by atoms with Crippen LogP contribution >= 0.6 is 0 Å². The normalized spacial score (nSPS) is 18.5. The van der Waals surface area contributed by atoms with Gasteiger partial charge in [-0.2, -0.15) is 0 Å². The molecule has 1 aliphatic heterocycles. The van der Waals surface area contributed by atoms with Gasteiger partial charge in [0.15, 0.2) is 11.5 Å². The maximum absolute atomic E-state index is 13.4. The SMILES string of the molecule is COC(=O)[C@@H](N[C@H]1C2=C(CCCC2)C(=O)N1CCc1ccccc1)c1ccc(OC)c(OC)c1. The van der Waals surface area contributed by atoms with Crippen molar-refractivity contribution in [1.29, 1.82) is 0 Å². The monoisotopic (exact) mass is 464 g/mol. The van der Waals surface area contributed by atoms with Crippen LogP contribution in [0.1, 0.15) is 42.9 Å². The number of benzene rings is 2. The summed E-state index contributed by atoms with van der Waals surface area (Å²) in [7, 11) is 4.50. The molecule has 0 saturated carbocycles.